The lowest BCUT2D eigenvalue weighted by Crippen LogP contribution is -2.50. The summed E-state index contributed by atoms with van der Waals surface area (Å²) in [5.74, 6) is 1.14. The standard InChI is InChI=1S/C23H37N5O2/c1-3-4-11-27-12-6-5-7-18(27)15-26-23(24-2)25-10-13-28-21(29)19-16-8-9-17(14-16)20(19)22(28)30/h8-9,16-20H,3-7,10-15H2,1-2H3,(H2,24,25,26). The van der Waals surface area contributed by atoms with Gasteiger partial charge in [0.15, 0.2) is 5.96 Å². The molecule has 0 aromatic rings. The van der Waals surface area contributed by atoms with Gasteiger partial charge in [0.2, 0.25) is 11.8 Å². The minimum atomic E-state index is -0.106. The summed E-state index contributed by atoms with van der Waals surface area (Å²) in [7, 11) is 1.77. The molecule has 3 fully saturated rings. The maximum absolute atomic E-state index is 12.8. The van der Waals surface area contributed by atoms with E-state index in [-0.39, 0.29) is 35.5 Å². The normalized spacial score (nSPS) is 33.5. The Balaban J connectivity index is 1.22. The molecular weight excluding hydrogens is 378 g/mol. The topological polar surface area (TPSA) is 77.0 Å². The molecule has 2 N–H and O–H groups in total. The average Bonchev–Trinajstić information content (AvgIpc) is 3.44. The van der Waals surface area contributed by atoms with Crippen molar-refractivity contribution in [1.29, 1.82) is 0 Å². The second-order valence-corrected chi connectivity index (χ2v) is 9.25. The first kappa shape index (κ1) is 21.3. The van der Waals surface area contributed by atoms with E-state index < -0.39 is 0 Å². The van der Waals surface area contributed by atoms with E-state index in [1.54, 1.807) is 7.05 Å². The molecule has 7 nitrogen and oxygen atoms in total. The third kappa shape index (κ3) is 4.13. The fourth-order valence-corrected chi connectivity index (χ4v) is 5.85. The van der Waals surface area contributed by atoms with Crippen LogP contribution < -0.4 is 10.6 Å². The van der Waals surface area contributed by atoms with Crippen molar-refractivity contribution < 1.29 is 9.59 Å². The SMILES string of the molecule is CCCCN1CCCCC1CNC(=NC)NCCN1C(=O)C2C3C=CC(C3)C2C1=O. The zero-order valence-electron chi connectivity index (χ0n) is 18.5. The summed E-state index contributed by atoms with van der Waals surface area (Å²) >= 11 is 0. The van der Waals surface area contributed by atoms with Crippen LogP contribution in [0.3, 0.4) is 0 Å². The maximum Gasteiger partial charge on any atom is 0.233 e. The van der Waals surface area contributed by atoms with Gasteiger partial charge in [-0.15, -0.1) is 0 Å². The number of hydrogen-bond donors (Lipinski definition) is 2. The van der Waals surface area contributed by atoms with Gasteiger partial charge >= 0.3 is 0 Å². The highest BCUT2D eigenvalue weighted by atomic mass is 16.2. The first-order valence-corrected chi connectivity index (χ1v) is 11.9. The van der Waals surface area contributed by atoms with Gasteiger partial charge in [0.1, 0.15) is 0 Å². The number of unbranched alkanes of at least 4 members (excludes halogenated alkanes) is 1. The highest BCUT2D eigenvalue weighted by Crippen LogP contribution is 2.52. The lowest BCUT2D eigenvalue weighted by molar-refractivity contribution is -0.140. The van der Waals surface area contributed by atoms with Crippen LogP contribution in [0.1, 0.15) is 45.4 Å². The molecule has 0 spiro atoms. The molecule has 7 heteroatoms. The van der Waals surface area contributed by atoms with E-state index in [1.807, 2.05) is 0 Å². The lowest BCUT2D eigenvalue weighted by Gasteiger charge is -2.36. The molecule has 0 radical (unpaired) electrons. The van der Waals surface area contributed by atoms with Crippen molar-refractivity contribution in [2.24, 2.45) is 28.7 Å². The highest BCUT2D eigenvalue weighted by molar-refractivity contribution is 6.06. The molecule has 0 aromatic heterocycles. The van der Waals surface area contributed by atoms with Crippen LogP contribution in [0.15, 0.2) is 17.1 Å². The van der Waals surface area contributed by atoms with E-state index in [0.717, 1.165) is 18.9 Å². The first-order valence-electron chi connectivity index (χ1n) is 11.9. The molecule has 4 rings (SSSR count). The van der Waals surface area contributed by atoms with Gasteiger partial charge in [-0.05, 0) is 50.6 Å². The molecule has 2 aliphatic carbocycles. The minimum absolute atomic E-state index is 0.0281. The zero-order valence-corrected chi connectivity index (χ0v) is 18.5. The van der Waals surface area contributed by atoms with Crippen LogP contribution in [0.25, 0.3) is 0 Å². The summed E-state index contributed by atoms with van der Waals surface area (Å²) in [6.07, 6.45) is 11.5. The number of aliphatic imine (C=N–C) groups is 1. The fraction of sp³-hybridized carbons (Fsp3) is 0.783. The summed E-state index contributed by atoms with van der Waals surface area (Å²) in [4.78, 5) is 34.0. The second kappa shape index (κ2) is 9.50. The van der Waals surface area contributed by atoms with Crippen LogP contribution >= 0.6 is 0 Å². The summed E-state index contributed by atoms with van der Waals surface area (Å²) in [5, 5.41) is 6.75. The zero-order chi connectivity index (χ0) is 21.1. The molecular formula is C23H37N5O2. The Kier molecular flexibility index (Phi) is 6.76. The third-order valence-electron chi connectivity index (χ3n) is 7.47. The number of piperidine rings is 1. The molecule has 1 saturated carbocycles. The largest absolute Gasteiger partial charge is 0.355 e. The van der Waals surface area contributed by atoms with E-state index in [2.05, 4.69) is 39.6 Å². The summed E-state index contributed by atoms with van der Waals surface area (Å²) in [5.41, 5.74) is 0. The Morgan fingerprint density at radius 2 is 1.83 bits per heavy atom. The molecule has 166 valence electrons. The van der Waals surface area contributed by atoms with Gasteiger partial charge in [0.05, 0.1) is 11.8 Å². The van der Waals surface area contributed by atoms with Crippen molar-refractivity contribution in [2.75, 3.05) is 39.8 Å². The van der Waals surface area contributed by atoms with Gasteiger partial charge in [0.25, 0.3) is 0 Å². The molecule has 2 bridgehead atoms. The number of carbonyl (C=O) groups excluding carboxylic acids is 2. The highest BCUT2D eigenvalue weighted by Gasteiger charge is 2.58. The summed E-state index contributed by atoms with van der Waals surface area (Å²) < 4.78 is 0. The number of allylic oxidation sites excluding steroid dienone is 2. The summed E-state index contributed by atoms with van der Waals surface area (Å²) in [6, 6.07) is 0.549. The number of carbonyl (C=O) groups is 2. The van der Waals surface area contributed by atoms with Gasteiger partial charge in [0, 0.05) is 32.7 Å². The fourth-order valence-electron chi connectivity index (χ4n) is 5.85. The first-order chi connectivity index (χ1) is 14.6. The quantitative estimate of drug-likeness (QED) is 0.273. The average molecular weight is 416 g/mol. The molecule has 2 amide bonds. The Labute approximate surface area is 180 Å². The van der Waals surface area contributed by atoms with Crippen molar-refractivity contribution in [2.45, 2.75) is 51.5 Å². The molecule has 2 heterocycles. The van der Waals surface area contributed by atoms with Gasteiger partial charge in [-0.2, -0.15) is 0 Å². The minimum Gasteiger partial charge on any atom is -0.355 e. The number of nitrogens with one attached hydrogen (secondary N) is 2. The van der Waals surface area contributed by atoms with Crippen molar-refractivity contribution in [3.63, 3.8) is 0 Å². The predicted molar refractivity (Wildman–Crippen MR) is 118 cm³/mol. The van der Waals surface area contributed by atoms with Crippen LogP contribution in [0.5, 0.6) is 0 Å². The monoisotopic (exact) mass is 415 g/mol. The Morgan fingerprint density at radius 3 is 2.50 bits per heavy atom. The number of fused-ring (bicyclic) bond motifs is 5. The lowest BCUT2D eigenvalue weighted by atomic mass is 9.85. The van der Waals surface area contributed by atoms with E-state index in [9.17, 15) is 9.59 Å². The molecule has 2 saturated heterocycles. The smallest absolute Gasteiger partial charge is 0.233 e. The number of nitrogens with zero attached hydrogens (tertiary/aromatic N) is 3. The number of guanidine groups is 1. The number of rotatable bonds is 8. The predicted octanol–water partition coefficient (Wildman–Crippen LogP) is 1.61. The van der Waals surface area contributed by atoms with Crippen LogP contribution in [0.2, 0.25) is 0 Å². The molecule has 0 aromatic carbocycles. The van der Waals surface area contributed by atoms with Crippen molar-refractivity contribution in [1.82, 2.24) is 20.4 Å². The van der Waals surface area contributed by atoms with E-state index in [1.165, 1.54) is 50.1 Å². The Bertz CT molecular complexity index is 676. The number of hydrogen-bond acceptors (Lipinski definition) is 4. The van der Waals surface area contributed by atoms with Gasteiger partial charge in [-0.25, -0.2) is 0 Å². The van der Waals surface area contributed by atoms with Gasteiger partial charge < -0.3 is 10.6 Å². The van der Waals surface area contributed by atoms with Crippen molar-refractivity contribution >= 4 is 17.8 Å². The second-order valence-electron chi connectivity index (χ2n) is 9.25. The van der Waals surface area contributed by atoms with E-state index in [0.29, 0.717) is 19.1 Å². The van der Waals surface area contributed by atoms with Crippen molar-refractivity contribution in [3.05, 3.63) is 12.2 Å². The number of likely N-dealkylation sites (tertiary alicyclic amines) is 2. The number of imide groups is 1. The third-order valence-corrected chi connectivity index (χ3v) is 7.47. The molecule has 2 aliphatic heterocycles. The summed E-state index contributed by atoms with van der Waals surface area (Å²) in [6.45, 7) is 6.43. The van der Waals surface area contributed by atoms with Crippen molar-refractivity contribution in [3.8, 4) is 0 Å². The van der Waals surface area contributed by atoms with Crippen LogP contribution in [-0.2, 0) is 9.59 Å². The van der Waals surface area contributed by atoms with E-state index in [4.69, 9.17) is 0 Å². The van der Waals surface area contributed by atoms with Crippen LogP contribution in [0, 0.1) is 23.7 Å². The molecule has 4 aliphatic rings. The molecule has 30 heavy (non-hydrogen) atoms. The Hall–Kier alpha value is -1.89. The van der Waals surface area contributed by atoms with E-state index >= 15 is 0 Å². The van der Waals surface area contributed by atoms with Crippen LogP contribution in [0.4, 0.5) is 0 Å². The van der Waals surface area contributed by atoms with Gasteiger partial charge in [-0.3, -0.25) is 24.4 Å². The molecule has 5 unspecified atom stereocenters. The maximum atomic E-state index is 12.8. The van der Waals surface area contributed by atoms with Crippen LogP contribution in [-0.4, -0.2) is 73.4 Å². The number of amides is 2. The van der Waals surface area contributed by atoms with Gasteiger partial charge in [-0.1, -0.05) is 31.9 Å². The molecule has 5 atom stereocenters. The Morgan fingerprint density at radius 1 is 1.10 bits per heavy atom.